The van der Waals surface area contributed by atoms with E-state index < -0.39 is 0 Å². The molecule has 5 heteroatoms. The van der Waals surface area contributed by atoms with Crippen LogP contribution in [0, 0.1) is 5.92 Å². The number of hydrogen-bond acceptors (Lipinski definition) is 3. The van der Waals surface area contributed by atoms with E-state index in [4.69, 9.17) is 4.74 Å². The lowest BCUT2D eigenvalue weighted by atomic mass is 9.86. The summed E-state index contributed by atoms with van der Waals surface area (Å²) in [5.41, 5.74) is 1.23. The fourth-order valence-electron chi connectivity index (χ4n) is 3.11. The number of methoxy groups -OCH3 is 1. The summed E-state index contributed by atoms with van der Waals surface area (Å²) in [5.74, 6) is 1.11. The van der Waals surface area contributed by atoms with Crippen molar-refractivity contribution in [2.75, 3.05) is 17.7 Å². The van der Waals surface area contributed by atoms with Crippen LogP contribution in [0.15, 0.2) is 18.2 Å². The molecule has 2 amide bonds. The van der Waals surface area contributed by atoms with Crippen LogP contribution >= 0.6 is 0 Å². The van der Waals surface area contributed by atoms with Gasteiger partial charge in [-0.15, -0.1) is 0 Å². The molecule has 126 valence electrons. The van der Waals surface area contributed by atoms with Gasteiger partial charge in [-0.3, -0.25) is 9.59 Å². The molecule has 0 aromatic heterocycles. The molecule has 0 aliphatic heterocycles. The zero-order valence-corrected chi connectivity index (χ0v) is 14.0. The Balaban J connectivity index is 1.90. The summed E-state index contributed by atoms with van der Waals surface area (Å²) in [6, 6.07) is 5.24. The van der Waals surface area contributed by atoms with Gasteiger partial charge in [0.2, 0.25) is 11.8 Å². The van der Waals surface area contributed by atoms with Gasteiger partial charge in [-0.2, -0.15) is 0 Å². The number of anilines is 2. The van der Waals surface area contributed by atoms with E-state index in [2.05, 4.69) is 10.6 Å². The molecule has 2 rings (SSSR count). The summed E-state index contributed by atoms with van der Waals surface area (Å²) in [6.07, 6.45) is 7.94. The normalized spacial score (nSPS) is 15.0. The summed E-state index contributed by atoms with van der Waals surface area (Å²) in [6.45, 7) is 1.44. The van der Waals surface area contributed by atoms with Gasteiger partial charge in [0.05, 0.1) is 12.8 Å². The average molecular weight is 318 g/mol. The molecular formula is C18H26N2O3. The first-order valence-electron chi connectivity index (χ1n) is 8.34. The number of amides is 2. The summed E-state index contributed by atoms with van der Waals surface area (Å²) in [4.78, 5) is 23.4. The van der Waals surface area contributed by atoms with Crippen molar-refractivity contribution in [3.8, 4) is 5.75 Å². The lowest BCUT2D eigenvalue weighted by Crippen LogP contribution is -2.15. The number of carbonyl (C=O) groups excluding carboxylic acids is 2. The Bertz CT molecular complexity index is 551. The van der Waals surface area contributed by atoms with Gasteiger partial charge in [-0.25, -0.2) is 0 Å². The minimum atomic E-state index is -0.177. The third-order valence-corrected chi connectivity index (χ3v) is 4.30. The maximum absolute atomic E-state index is 12.1. The average Bonchev–Trinajstić information content (AvgIpc) is 2.54. The second kappa shape index (κ2) is 8.56. The van der Waals surface area contributed by atoms with Crippen LogP contribution in [-0.4, -0.2) is 18.9 Å². The van der Waals surface area contributed by atoms with E-state index in [-0.39, 0.29) is 11.8 Å². The Morgan fingerprint density at radius 1 is 1.17 bits per heavy atom. The molecule has 1 aliphatic rings. The van der Waals surface area contributed by atoms with Crippen molar-refractivity contribution in [2.24, 2.45) is 5.92 Å². The molecule has 0 unspecified atom stereocenters. The first-order chi connectivity index (χ1) is 11.1. The van der Waals surface area contributed by atoms with Gasteiger partial charge in [-0.05, 0) is 30.5 Å². The first-order valence-corrected chi connectivity index (χ1v) is 8.34. The SMILES string of the molecule is COc1ccc(NC(=O)CCC2CCCCC2)cc1NC(C)=O. The quantitative estimate of drug-likeness (QED) is 0.834. The van der Waals surface area contributed by atoms with E-state index in [0.717, 1.165) is 6.42 Å². The van der Waals surface area contributed by atoms with Crippen LogP contribution in [0.4, 0.5) is 11.4 Å². The number of carbonyl (C=O) groups is 2. The minimum absolute atomic E-state index is 0.0227. The van der Waals surface area contributed by atoms with Crippen molar-refractivity contribution in [1.29, 1.82) is 0 Å². The van der Waals surface area contributed by atoms with E-state index in [0.29, 0.717) is 29.5 Å². The maximum atomic E-state index is 12.1. The molecule has 1 aromatic rings. The van der Waals surface area contributed by atoms with Gasteiger partial charge in [0.15, 0.2) is 0 Å². The highest BCUT2D eigenvalue weighted by Gasteiger charge is 2.15. The molecule has 0 heterocycles. The molecule has 5 nitrogen and oxygen atoms in total. The van der Waals surface area contributed by atoms with Gasteiger partial charge in [0.25, 0.3) is 0 Å². The highest BCUT2D eigenvalue weighted by atomic mass is 16.5. The minimum Gasteiger partial charge on any atom is -0.495 e. The third-order valence-electron chi connectivity index (χ3n) is 4.30. The highest BCUT2D eigenvalue weighted by molar-refractivity contribution is 5.94. The fourth-order valence-corrected chi connectivity index (χ4v) is 3.11. The van der Waals surface area contributed by atoms with E-state index >= 15 is 0 Å². The molecule has 23 heavy (non-hydrogen) atoms. The Morgan fingerprint density at radius 2 is 1.91 bits per heavy atom. The van der Waals surface area contributed by atoms with E-state index in [1.54, 1.807) is 25.3 Å². The molecule has 1 saturated carbocycles. The zero-order valence-electron chi connectivity index (χ0n) is 14.0. The topological polar surface area (TPSA) is 67.4 Å². The van der Waals surface area contributed by atoms with Crippen LogP contribution in [0.3, 0.4) is 0 Å². The standard InChI is InChI=1S/C18H26N2O3/c1-13(21)19-16-12-15(9-10-17(16)23-2)20-18(22)11-8-14-6-4-3-5-7-14/h9-10,12,14H,3-8,11H2,1-2H3,(H,19,21)(H,20,22). The van der Waals surface area contributed by atoms with E-state index in [1.807, 2.05) is 0 Å². The lowest BCUT2D eigenvalue weighted by molar-refractivity contribution is -0.116. The smallest absolute Gasteiger partial charge is 0.224 e. The molecule has 0 bridgehead atoms. The van der Waals surface area contributed by atoms with Crippen molar-refractivity contribution < 1.29 is 14.3 Å². The van der Waals surface area contributed by atoms with Crippen molar-refractivity contribution in [2.45, 2.75) is 51.9 Å². The fraction of sp³-hybridized carbons (Fsp3) is 0.556. The second-order valence-corrected chi connectivity index (χ2v) is 6.19. The predicted molar refractivity (Wildman–Crippen MR) is 91.7 cm³/mol. The first kappa shape index (κ1) is 17.3. The molecule has 1 aromatic carbocycles. The Kier molecular flexibility index (Phi) is 6.44. The van der Waals surface area contributed by atoms with Crippen LogP contribution in [-0.2, 0) is 9.59 Å². The predicted octanol–water partition coefficient (Wildman–Crippen LogP) is 3.95. The molecule has 0 spiro atoms. The van der Waals surface area contributed by atoms with Gasteiger partial charge in [0, 0.05) is 19.0 Å². The van der Waals surface area contributed by atoms with Crippen LogP contribution < -0.4 is 15.4 Å². The van der Waals surface area contributed by atoms with E-state index in [9.17, 15) is 9.59 Å². The van der Waals surface area contributed by atoms with Gasteiger partial charge in [-0.1, -0.05) is 32.1 Å². The van der Waals surface area contributed by atoms with E-state index in [1.165, 1.54) is 39.0 Å². The van der Waals surface area contributed by atoms with Crippen molar-refractivity contribution in [1.82, 2.24) is 0 Å². The zero-order chi connectivity index (χ0) is 16.7. The largest absolute Gasteiger partial charge is 0.495 e. The van der Waals surface area contributed by atoms with Crippen molar-refractivity contribution >= 4 is 23.2 Å². The van der Waals surface area contributed by atoms with Gasteiger partial charge >= 0.3 is 0 Å². The monoisotopic (exact) mass is 318 g/mol. The maximum Gasteiger partial charge on any atom is 0.224 e. The number of rotatable bonds is 6. The Labute approximate surface area is 137 Å². The Hall–Kier alpha value is -2.04. The van der Waals surface area contributed by atoms with Crippen molar-refractivity contribution in [3.63, 3.8) is 0 Å². The number of nitrogens with one attached hydrogen (secondary N) is 2. The van der Waals surface area contributed by atoms with Gasteiger partial charge in [0.1, 0.15) is 5.75 Å². The molecule has 2 N–H and O–H groups in total. The third kappa shape index (κ3) is 5.58. The van der Waals surface area contributed by atoms with Gasteiger partial charge < -0.3 is 15.4 Å². The molecule has 1 fully saturated rings. The summed E-state index contributed by atoms with van der Waals surface area (Å²) < 4.78 is 5.21. The lowest BCUT2D eigenvalue weighted by Gasteiger charge is -2.21. The summed E-state index contributed by atoms with van der Waals surface area (Å²) in [5, 5.41) is 5.61. The molecular weight excluding hydrogens is 292 g/mol. The molecule has 0 radical (unpaired) electrons. The highest BCUT2D eigenvalue weighted by Crippen LogP contribution is 2.29. The molecule has 1 aliphatic carbocycles. The summed E-state index contributed by atoms with van der Waals surface area (Å²) in [7, 11) is 1.54. The second-order valence-electron chi connectivity index (χ2n) is 6.19. The van der Waals surface area contributed by atoms with Crippen LogP contribution in [0.5, 0.6) is 5.75 Å². The van der Waals surface area contributed by atoms with Crippen molar-refractivity contribution in [3.05, 3.63) is 18.2 Å². The molecule has 0 saturated heterocycles. The van der Waals surface area contributed by atoms with Crippen LogP contribution in [0.1, 0.15) is 51.9 Å². The van der Waals surface area contributed by atoms with Crippen LogP contribution in [0.2, 0.25) is 0 Å². The number of hydrogen-bond donors (Lipinski definition) is 2. The summed E-state index contributed by atoms with van der Waals surface area (Å²) >= 11 is 0. The number of benzene rings is 1. The number of ether oxygens (including phenoxy) is 1. The van der Waals surface area contributed by atoms with Crippen LogP contribution in [0.25, 0.3) is 0 Å². The molecule has 0 atom stereocenters. The Morgan fingerprint density at radius 3 is 2.57 bits per heavy atom.